The predicted octanol–water partition coefficient (Wildman–Crippen LogP) is 4.14. The summed E-state index contributed by atoms with van der Waals surface area (Å²) in [6.07, 6.45) is 3.62. The van der Waals surface area contributed by atoms with Crippen molar-refractivity contribution in [2.45, 2.75) is 19.3 Å². The van der Waals surface area contributed by atoms with E-state index < -0.39 is 5.41 Å². The molecule has 0 radical (unpaired) electrons. The van der Waals surface area contributed by atoms with Crippen LogP contribution in [0.4, 0.5) is 4.39 Å². The van der Waals surface area contributed by atoms with Gasteiger partial charge in [0.1, 0.15) is 11.6 Å². The molecule has 1 N–H and O–H groups in total. The quantitative estimate of drug-likeness (QED) is 0.731. The Bertz CT molecular complexity index is 843. The van der Waals surface area contributed by atoms with Gasteiger partial charge in [-0.25, -0.2) is 4.39 Å². The van der Waals surface area contributed by atoms with E-state index in [4.69, 9.17) is 9.47 Å². The molecule has 1 amide bonds. The monoisotopic (exact) mass is 383 g/mol. The van der Waals surface area contributed by atoms with E-state index >= 15 is 0 Å². The number of benzene rings is 2. The molecule has 1 heterocycles. The van der Waals surface area contributed by atoms with E-state index in [0.717, 1.165) is 11.1 Å². The van der Waals surface area contributed by atoms with Crippen molar-refractivity contribution in [2.75, 3.05) is 26.9 Å². The highest BCUT2D eigenvalue weighted by Gasteiger charge is 2.39. The summed E-state index contributed by atoms with van der Waals surface area (Å²) in [7, 11) is 1.57. The predicted molar refractivity (Wildman–Crippen MR) is 108 cm³/mol. The molecular formula is C23H26FNO3. The van der Waals surface area contributed by atoms with E-state index in [9.17, 15) is 9.18 Å². The number of methoxy groups -OCH3 is 1. The van der Waals surface area contributed by atoms with Crippen LogP contribution in [0, 0.1) is 11.2 Å². The Morgan fingerprint density at radius 2 is 2.07 bits per heavy atom. The number of carbonyl (C=O) groups is 1. The van der Waals surface area contributed by atoms with Crippen LogP contribution in [0.2, 0.25) is 0 Å². The summed E-state index contributed by atoms with van der Waals surface area (Å²) >= 11 is 0. The molecule has 1 fully saturated rings. The van der Waals surface area contributed by atoms with Crippen molar-refractivity contribution in [3.05, 3.63) is 66.5 Å². The van der Waals surface area contributed by atoms with Gasteiger partial charge < -0.3 is 14.8 Å². The number of hydrogen-bond donors (Lipinski definition) is 1. The van der Waals surface area contributed by atoms with Gasteiger partial charge in [0.05, 0.1) is 12.5 Å². The van der Waals surface area contributed by atoms with Crippen LogP contribution in [-0.2, 0) is 16.0 Å². The van der Waals surface area contributed by atoms with Gasteiger partial charge in [-0.2, -0.15) is 0 Å². The molecule has 0 unspecified atom stereocenters. The molecular weight excluding hydrogens is 357 g/mol. The van der Waals surface area contributed by atoms with Crippen molar-refractivity contribution in [1.29, 1.82) is 0 Å². The first-order valence-electron chi connectivity index (χ1n) is 9.48. The van der Waals surface area contributed by atoms with E-state index in [1.54, 1.807) is 19.3 Å². The lowest BCUT2D eigenvalue weighted by atomic mass is 9.74. The molecule has 5 heteroatoms. The summed E-state index contributed by atoms with van der Waals surface area (Å²) in [6.45, 7) is 5.25. The minimum Gasteiger partial charge on any atom is -0.496 e. The van der Waals surface area contributed by atoms with Crippen molar-refractivity contribution in [3.8, 4) is 16.9 Å². The number of amides is 1. The fourth-order valence-electron chi connectivity index (χ4n) is 3.74. The first kappa shape index (κ1) is 20.1. The van der Waals surface area contributed by atoms with Gasteiger partial charge >= 0.3 is 0 Å². The molecule has 0 aliphatic carbocycles. The third-order valence-electron chi connectivity index (χ3n) is 5.28. The molecule has 1 saturated heterocycles. The SMILES string of the molecule is C=CCNC(=O)C1(Cc2cccc(-c3cc(F)ccc3OC)c2)CCOCC1. The number of halogens is 1. The van der Waals surface area contributed by atoms with Crippen LogP contribution >= 0.6 is 0 Å². The number of hydrogen-bond acceptors (Lipinski definition) is 3. The van der Waals surface area contributed by atoms with Crippen LogP contribution in [-0.4, -0.2) is 32.8 Å². The maximum atomic E-state index is 13.8. The summed E-state index contributed by atoms with van der Waals surface area (Å²) in [6, 6.07) is 12.4. The zero-order valence-electron chi connectivity index (χ0n) is 16.2. The lowest BCUT2D eigenvalue weighted by molar-refractivity contribution is -0.136. The fraction of sp³-hybridized carbons (Fsp3) is 0.348. The Hall–Kier alpha value is -2.66. The van der Waals surface area contributed by atoms with E-state index in [2.05, 4.69) is 11.9 Å². The molecule has 28 heavy (non-hydrogen) atoms. The molecule has 3 rings (SSSR count). The third kappa shape index (κ3) is 4.42. The second-order valence-electron chi connectivity index (χ2n) is 7.11. The molecule has 2 aromatic carbocycles. The topological polar surface area (TPSA) is 47.6 Å². The van der Waals surface area contributed by atoms with Crippen LogP contribution in [0.15, 0.2) is 55.1 Å². The summed E-state index contributed by atoms with van der Waals surface area (Å²) < 4.78 is 24.7. The van der Waals surface area contributed by atoms with E-state index in [-0.39, 0.29) is 11.7 Å². The highest BCUT2D eigenvalue weighted by atomic mass is 19.1. The summed E-state index contributed by atoms with van der Waals surface area (Å²) in [5.41, 5.74) is 2.08. The zero-order chi connectivity index (χ0) is 20.0. The van der Waals surface area contributed by atoms with Crippen molar-refractivity contribution in [1.82, 2.24) is 5.32 Å². The molecule has 1 aliphatic rings. The maximum absolute atomic E-state index is 13.8. The van der Waals surface area contributed by atoms with Gasteiger partial charge in [0.2, 0.25) is 5.91 Å². The van der Waals surface area contributed by atoms with Gasteiger partial charge in [0, 0.05) is 25.3 Å². The lowest BCUT2D eigenvalue weighted by Gasteiger charge is -2.36. The molecule has 0 atom stereocenters. The minimum absolute atomic E-state index is 0.0319. The third-order valence-corrected chi connectivity index (χ3v) is 5.28. The van der Waals surface area contributed by atoms with Gasteiger partial charge in [0.15, 0.2) is 0 Å². The van der Waals surface area contributed by atoms with Crippen LogP contribution < -0.4 is 10.1 Å². The zero-order valence-corrected chi connectivity index (χ0v) is 16.2. The van der Waals surface area contributed by atoms with E-state index in [1.165, 1.54) is 12.1 Å². The summed E-state index contributed by atoms with van der Waals surface area (Å²) in [4.78, 5) is 12.9. The number of rotatable bonds is 7. The Morgan fingerprint density at radius 3 is 2.79 bits per heavy atom. The smallest absolute Gasteiger partial charge is 0.226 e. The van der Waals surface area contributed by atoms with Crippen LogP contribution in [0.1, 0.15) is 18.4 Å². The van der Waals surface area contributed by atoms with Crippen molar-refractivity contribution in [3.63, 3.8) is 0 Å². The van der Waals surface area contributed by atoms with Gasteiger partial charge in [0.25, 0.3) is 0 Å². The average molecular weight is 383 g/mol. The van der Waals surface area contributed by atoms with Crippen molar-refractivity contribution < 1.29 is 18.7 Å². The van der Waals surface area contributed by atoms with Crippen molar-refractivity contribution in [2.24, 2.45) is 5.41 Å². The maximum Gasteiger partial charge on any atom is 0.226 e. The standard InChI is InChI=1S/C23H26FNO3/c1-3-11-25-22(26)23(9-12-28-13-10-23)16-17-5-4-6-18(14-17)20-15-19(24)7-8-21(20)27-2/h3-8,14-15H,1,9-13,16H2,2H3,(H,25,26). The van der Waals surface area contributed by atoms with E-state index in [1.807, 2.05) is 24.3 Å². The second kappa shape index (κ2) is 9.02. The number of ether oxygens (including phenoxy) is 2. The Labute approximate surface area is 165 Å². The highest BCUT2D eigenvalue weighted by Crippen LogP contribution is 2.37. The summed E-state index contributed by atoms with van der Waals surface area (Å²) in [5, 5.41) is 2.95. The van der Waals surface area contributed by atoms with Crippen LogP contribution in [0.25, 0.3) is 11.1 Å². The van der Waals surface area contributed by atoms with Crippen molar-refractivity contribution >= 4 is 5.91 Å². The first-order valence-corrected chi connectivity index (χ1v) is 9.48. The second-order valence-corrected chi connectivity index (χ2v) is 7.11. The fourth-order valence-corrected chi connectivity index (χ4v) is 3.74. The Kier molecular flexibility index (Phi) is 6.47. The molecule has 0 spiro atoms. The van der Waals surface area contributed by atoms with Gasteiger partial charge in [-0.3, -0.25) is 4.79 Å². The highest BCUT2D eigenvalue weighted by molar-refractivity contribution is 5.83. The Balaban J connectivity index is 1.91. The molecule has 0 aromatic heterocycles. The molecule has 0 saturated carbocycles. The Morgan fingerprint density at radius 1 is 1.29 bits per heavy atom. The molecule has 2 aromatic rings. The van der Waals surface area contributed by atoms with Crippen LogP contribution in [0.5, 0.6) is 5.75 Å². The molecule has 148 valence electrons. The van der Waals surface area contributed by atoms with Gasteiger partial charge in [-0.15, -0.1) is 6.58 Å². The largest absolute Gasteiger partial charge is 0.496 e. The first-order chi connectivity index (χ1) is 13.6. The molecule has 0 bridgehead atoms. The van der Waals surface area contributed by atoms with Gasteiger partial charge in [-0.05, 0) is 48.6 Å². The van der Waals surface area contributed by atoms with Gasteiger partial charge in [-0.1, -0.05) is 30.3 Å². The van der Waals surface area contributed by atoms with Crippen LogP contribution in [0.3, 0.4) is 0 Å². The average Bonchev–Trinajstić information content (AvgIpc) is 2.72. The normalized spacial score (nSPS) is 15.6. The number of nitrogens with one attached hydrogen (secondary N) is 1. The minimum atomic E-state index is -0.508. The molecule has 1 aliphatic heterocycles. The summed E-state index contributed by atoms with van der Waals surface area (Å²) in [5.74, 6) is 0.332. The molecule has 4 nitrogen and oxygen atoms in total. The lowest BCUT2D eigenvalue weighted by Crippen LogP contribution is -2.46. The number of carbonyl (C=O) groups excluding carboxylic acids is 1. The van der Waals surface area contributed by atoms with E-state index in [0.29, 0.717) is 50.3 Å².